The first-order chi connectivity index (χ1) is 8.70. The van der Waals surface area contributed by atoms with Crippen molar-refractivity contribution in [3.63, 3.8) is 0 Å². The van der Waals surface area contributed by atoms with E-state index in [0.717, 1.165) is 5.56 Å². The van der Waals surface area contributed by atoms with E-state index in [9.17, 15) is 0 Å². The molecule has 5 nitrogen and oxygen atoms in total. The van der Waals surface area contributed by atoms with Gasteiger partial charge in [0, 0.05) is 12.4 Å². The molecule has 0 radical (unpaired) electrons. The monoisotopic (exact) mass is 261 g/mol. The first-order valence-corrected chi connectivity index (χ1v) is 5.60. The first kappa shape index (κ1) is 12.4. The minimum absolute atomic E-state index is 0.0557. The van der Waals surface area contributed by atoms with Crippen molar-refractivity contribution in [3.8, 4) is 11.6 Å². The molecule has 3 N–H and O–H groups in total. The van der Waals surface area contributed by atoms with Crippen molar-refractivity contribution in [2.75, 3.05) is 0 Å². The van der Waals surface area contributed by atoms with Crippen LogP contribution in [0.15, 0.2) is 36.7 Å². The Hall–Kier alpha value is -2.05. The highest BCUT2D eigenvalue weighted by Crippen LogP contribution is 2.22. The third-order valence-electron chi connectivity index (χ3n) is 2.19. The fraction of sp³-hybridized carbons (Fsp3) is 0.0833. The summed E-state index contributed by atoms with van der Waals surface area (Å²) < 4.78 is 5.56. The van der Waals surface area contributed by atoms with Crippen molar-refractivity contribution in [1.82, 2.24) is 9.97 Å². The standard InChI is InChI=1S/C12H11N3O2S/c13-11(18)10-12(15-5-4-14-10)17-9-3-1-2-8(6-9)7-16/h1-6,16H,7H2,(H2,13,18). The topological polar surface area (TPSA) is 81.3 Å². The number of thiocarbonyl (C=S) groups is 1. The van der Waals surface area contributed by atoms with E-state index >= 15 is 0 Å². The zero-order valence-electron chi connectivity index (χ0n) is 9.41. The van der Waals surface area contributed by atoms with Crippen LogP contribution in [-0.4, -0.2) is 20.1 Å². The Morgan fingerprint density at radius 3 is 2.83 bits per heavy atom. The Morgan fingerprint density at radius 1 is 1.33 bits per heavy atom. The maximum Gasteiger partial charge on any atom is 0.248 e. The van der Waals surface area contributed by atoms with E-state index in [0.29, 0.717) is 11.4 Å². The first-order valence-electron chi connectivity index (χ1n) is 5.19. The molecule has 1 heterocycles. The van der Waals surface area contributed by atoms with Crippen LogP contribution in [-0.2, 0) is 6.61 Å². The fourth-order valence-electron chi connectivity index (χ4n) is 1.39. The minimum atomic E-state index is -0.0557. The van der Waals surface area contributed by atoms with Crippen LogP contribution < -0.4 is 10.5 Å². The highest BCUT2D eigenvalue weighted by atomic mass is 32.1. The average Bonchev–Trinajstić information content (AvgIpc) is 2.39. The fourth-order valence-corrected chi connectivity index (χ4v) is 1.53. The van der Waals surface area contributed by atoms with Gasteiger partial charge in [-0.3, -0.25) is 0 Å². The summed E-state index contributed by atoms with van der Waals surface area (Å²) in [7, 11) is 0. The lowest BCUT2D eigenvalue weighted by molar-refractivity contribution is 0.281. The van der Waals surface area contributed by atoms with E-state index < -0.39 is 0 Å². The molecular weight excluding hydrogens is 250 g/mol. The van der Waals surface area contributed by atoms with Gasteiger partial charge in [-0.05, 0) is 17.7 Å². The number of nitrogens with zero attached hydrogens (tertiary/aromatic N) is 2. The van der Waals surface area contributed by atoms with Crippen LogP contribution in [0.5, 0.6) is 11.6 Å². The van der Waals surface area contributed by atoms with Crippen LogP contribution in [0.25, 0.3) is 0 Å². The zero-order valence-corrected chi connectivity index (χ0v) is 10.2. The SMILES string of the molecule is NC(=S)c1nccnc1Oc1cccc(CO)c1. The lowest BCUT2D eigenvalue weighted by Crippen LogP contribution is -2.13. The molecule has 0 unspecified atom stereocenters. The summed E-state index contributed by atoms with van der Waals surface area (Å²) in [6, 6.07) is 7.02. The third kappa shape index (κ3) is 2.79. The van der Waals surface area contributed by atoms with Crippen molar-refractivity contribution >= 4 is 17.2 Å². The van der Waals surface area contributed by atoms with E-state index in [4.69, 9.17) is 27.8 Å². The summed E-state index contributed by atoms with van der Waals surface area (Å²) in [5.74, 6) is 0.791. The summed E-state index contributed by atoms with van der Waals surface area (Å²) in [6.45, 7) is -0.0557. The van der Waals surface area contributed by atoms with Gasteiger partial charge in [0.25, 0.3) is 0 Å². The second-order valence-electron chi connectivity index (χ2n) is 3.48. The summed E-state index contributed by atoms with van der Waals surface area (Å²) in [6.07, 6.45) is 2.98. The van der Waals surface area contributed by atoms with Crippen LogP contribution in [0.4, 0.5) is 0 Å². The molecule has 0 aliphatic rings. The van der Waals surface area contributed by atoms with Gasteiger partial charge in [-0.1, -0.05) is 24.4 Å². The van der Waals surface area contributed by atoms with Crippen molar-refractivity contribution in [2.45, 2.75) is 6.61 Å². The predicted octanol–water partition coefficient (Wildman–Crippen LogP) is 1.40. The zero-order chi connectivity index (χ0) is 13.0. The van der Waals surface area contributed by atoms with Crippen LogP contribution in [0.2, 0.25) is 0 Å². The Morgan fingerprint density at radius 2 is 2.11 bits per heavy atom. The van der Waals surface area contributed by atoms with Gasteiger partial charge < -0.3 is 15.6 Å². The van der Waals surface area contributed by atoms with E-state index in [1.165, 1.54) is 12.4 Å². The summed E-state index contributed by atoms with van der Waals surface area (Å²) in [5, 5.41) is 9.05. The third-order valence-corrected chi connectivity index (χ3v) is 2.39. The Bertz CT molecular complexity index is 575. The number of hydrogen-bond acceptors (Lipinski definition) is 5. The second kappa shape index (κ2) is 5.52. The molecule has 6 heteroatoms. The molecule has 0 bridgehead atoms. The maximum atomic E-state index is 9.05. The van der Waals surface area contributed by atoms with Gasteiger partial charge in [0.2, 0.25) is 5.88 Å². The van der Waals surface area contributed by atoms with Gasteiger partial charge in [-0.2, -0.15) is 0 Å². The summed E-state index contributed by atoms with van der Waals surface area (Å²) >= 11 is 4.87. The molecule has 0 spiro atoms. The lowest BCUT2D eigenvalue weighted by Gasteiger charge is -2.08. The molecule has 1 aromatic carbocycles. The number of aliphatic hydroxyl groups excluding tert-OH is 1. The predicted molar refractivity (Wildman–Crippen MR) is 70.4 cm³/mol. The largest absolute Gasteiger partial charge is 0.437 e. The highest BCUT2D eigenvalue weighted by Gasteiger charge is 2.10. The number of rotatable bonds is 4. The smallest absolute Gasteiger partial charge is 0.248 e. The molecule has 0 amide bonds. The molecule has 0 aliphatic heterocycles. The van der Waals surface area contributed by atoms with Gasteiger partial charge in [0.1, 0.15) is 10.7 Å². The molecule has 92 valence electrons. The molecule has 0 atom stereocenters. The van der Waals surface area contributed by atoms with Crippen LogP contribution in [0.1, 0.15) is 11.3 Å². The number of aliphatic hydroxyl groups is 1. The molecule has 1 aromatic heterocycles. The molecule has 0 aliphatic carbocycles. The van der Waals surface area contributed by atoms with E-state index in [1.807, 2.05) is 0 Å². The van der Waals surface area contributed by atoms with Gasteiger partial charge in [-0.15, -0.1) is 0 Å². The van der Waals surface area contributed by atoms with Crippen LogP contribution >= 0.6 is 12.2 Å². The second-order valence-corrected chi connectivity index (χ2v) is 3.92. The number of aromatic nitrogens is 2. The molecule has 0 saturated carbocycles. The number of hydrogen-bond donors (Lipinski definition) is 2. The molecule has 0 saturated heterocycles. The molecule has 2 aromatic rings. The number of nitrogens with two attached hydrogens (primary N) is 1. The average molecular weight is 261 g/mol. The molecular formula is C12H11N3O2S. The maximum absolute atomic E-state index is 9.05. The molecule has 0 fully saturated rings. The Labute approximate surface area is 109 Å². The van der Waals surface area contributed by atoms with Gasteiger partial charge >= 0.3 is 0 Å². The molecule has 18 heavy (non-hydrogen) atoms. The van der Waals surface area contributed by atoms with Gasteiger partial charge in [0.15, 0.2) is 5.69 Å². The van der Waals surface area contributed by atoms with E-state index in [-0.39, 0.29) is 17.5 Å². The van der Waals surface area contributed by atoms with Crippen molar-refractivity contribution in [3.05, 3.63) is 47.9 Å². The summed E-state index contributed by atoms with van der Waals surface area (Å²) in [5.41, 5.74) is 6.61. The van der Waals surface area contributed by atoms with Crippen molar-refractivity contribution in [2.24, 2.45) is 5.73 Å². The number of benzene rings is 1. The van der Waals surface area contributed by atoms with Crippen molar-refractivity contribution in [1.29, 1.82) is 0 Å². The number of ether oxygens (including phenoxy) is 1. The Balaban J connectivity index is 2.31. The molecule has 2 rings (SSSR count). The van der Waals surface area contributed by atoms with E-state index in [1.54, 1.807) is 24.3 Å². The highest BCUT2D eigenvalue weighted by molar-refractivity contribution is 7.80. The van der Waals surface area contributed by atoms with E-state index in [2.05, 4.69) is 9.97 Å². The Kier molecular flexibility index (Phi) is 3.81. The lowest BCUT2D eigenvalue weighted by atomic mass is 10.2. The summed E-state index contributed by atoms with van der Waals surface area (Å²) in [4.78, 5) is 8.17. The van der Waals surface area contributed by atoms with Gasteiger partial charge in [0.05, 0.1) is 6.61 Å². The van der Waals surface area contributed by atoms with Crippen LogP contribution in [0, 0.1) is 0 Å². The van der Waals surface area contributed by atoms with Gasteiger partial charge in [-0.25, -0.2) is 9.97 Å². The van der Waals surface area contributed by atoms with Crippen LogP contribution in [0.3, 0.4) is 0 Å². The van der Waals surface area contributed by atoms with Crippen molar-refractivity contribution < 1.29 is 9.84 Å². The minimum Gasteiger partial charge on any atom is -0.437 e. The normalized spacial score (nSPS) is 10.1. The quantitative estimate of drug-likeness (QED) is 0.810.